The van der Waals surface area contributed by atoms with Crippen molar-refractivity contribution in [3.8, 4) is 0 Å². The van der Waals surface area contributed by atoms with Crippen molar-refractivity contribution < 1.29 is 0 Å². The van der Waals surface area contributed by atoms with Crippen LogP contribution >= 0.6 is 0 Å². The first kappa shape index (κ1) is 18.9. The van der Waals surface area contributed by atoms with Crippen LogP contribution in [0.3, 0.4) is 0 Å². The highest BCUT2D eigenvalue weighted by Crippen LogP contribution is 2.20. The number of pyridine rings is 1. The minimum atomic E-state index is 0.650. The van der Waals surface area contributed by atoms with E-state index in [1.807, 2.05) is 30.9 Å². The van der Waals surface area contributed by atoms with E-state index in [-0.39, 0.29) is 0 Å². The quantitative estimate of drug-likeness (QED) is 0.692. The van der Waals surface area contributed by atoms with Crippen molar-refractivity contribution >= 4 is 0 Å². The van der Waals surface area contributed by atoms with Crippen molar-refractivity contribution in [1.82, 2.24) is 24.8 Å². The van der Waals surface area contributed by atoms with Gasteiger partial charge in [0.05, 0.1) is 0 Å². The van der Waals surface area contributed by atoms with Gasteiger partial charge in [0.2, 0.25) is 0 Å². The largest absolute Gasteiger partial charge is 0.299 e. The van der Waals surface area contributed by atoms with Gasteiger partial charge in [-0.3, -0.25) is 14.8 Å². The van der Waals surface area contributed by atoms with Gasteiger partial charge in [0.25, 0.3) is 0 Å². The Morgan fingerprint density at radius 2 is 1.92 bits per heavy atom. The van der Waals surface area contributed by atoms with Gasteiger partial charge in [0.1, 0.15) is 5.82 Å². The van der Waals surface area contributed by atoms with Gasteiger partial charge >= 0.3 is 0 Å². The molecule has 0 bridgehead atoms. The normalized spacial score (nSPS) is 17.9. The molecule has 3 rings (SSSR count). The van der Waals surface area contributed by atoms with Gasteiger partial charge in [-0.2, -0.15) is 0 Å². The van der Waals surface area contributed by atoms with E-state index in [9.17, 15) is 0 Å². The van der Waals surface area contributed by atoms with E-state index < -0.39 is 0 Å². The topological polar surface area (TPSA) is 45.2 Å². The van der Waals surface area contributed by atoms with Crippen LogP contribution in [0.5, 0.6) is 0 Å². The van der Waals surface area contributed by atoms with Crippen molar-refractivity contribution in [3.05, 3.63) is 53.9 Å². The summed E-state index contributed by atoms with van der Waals surface area (Å²) in [5, 5.41) is 0. The molecule has 2 aromatic rings. The molecule has 1 aliphatic heterocycles. The van der Waals surface area contributed by atoms with Crippen LogP contribution in [0.25, 0.3) is 0 Å². The third-order valence-electron chi connectivity index (χ3n) is 5.14. The second kappa shape index (κ2) is 9.74. The minimum Gasteiger partial charge on any atom is -0.299 e. The van der Waals surface area contributed by atoms with E-state index in [0.29, 0.717) is 6.04 Å². The average Bonchev–Trinajstić information content (AvgIpc) is 3.11. The molecule has 5 nitrogen and oxygen atoms in total. The number of likely N-dealkylation sites (tertiary alicyclic amines) is 1. The fraction of sp³-hybridized carbons (Fsp3) is 0.571. The lowest BCUT2D eigenvalue weighted by Gasteiger charge is -2.30. The van der Waals surface area contributed by atoms with Gasteiger partial charge in [0.15, 0.2) is 0 Å². The van der Waals surface area contributed by atoms with Gasteiger partial charge in [-0.1, -0.05) is 19.9 Å². The molecule has 0 spiro atoms. The van der Waals surface area contributed by atoms with Crippen molar-refractivity contribution in [3.63, 3.8) is 0 Å². The first-order valence-electron chi connectivity index (χ1n) is 9.93. The highest BCUT2D eigenvalue weighted by atomic mass is 15.2. The number of hydrogen-bond acceptors (Lipinski definition) is 5. The molecule has 26 heavy (non-hydrogen) atoms. The van der Waals surface area contributed by atoms with Crippen LogP contribution in [0.2, 0.25) is 0 Å². The Kier molecular flexibility index (Phi) is 7.09. The number of aryl methyl sites for hydroxylation is 1. The molecule has 1 unspecified atom stereocenters. The van der Waals surface area contributed by atoms with Crippen LogP contribution in [-0.2, 0) is 19.5 Å². The zero-order valence-corrected chi connectivity index (χ0v) is 16.1. The van der Waals surface area contributed by atoms with Gasteiger partial charge in [0, 0.05) is 62.4 Å². The van der Waals surface area contributed by atoms with Crippen LogP contribution in [0.4, 0.5) is 0 Å². The molecule has 0 aliphatic carbocycles. The Labute approximate surface area is 157 Å². The van der Waals surface area contributed by atoms with Crippen molar-refractivity contribution in [2.24, 2.45) is 0 Å². The Hall–Kier alpha value is -1.85. The zero-order valence-electron chi connectivity index (χ0n) is 16.1. The molecule has 1 saturated heterocycles. The van der Waals surface area contributed by atoms with Crippen molar-refractivity contribution in [1.29, 1.82) is 0 Å². The summed E-state index contributed by atoms with van der Waals surface area (Å²) < 4.78 is 0. The summed E-state index contributed by atoms with van der Waals surface area (Å²) in [6.45, 7) is 9.68. The van der Waals surface area contributed by atoms with Crippen LogP contribution in [0.1, 0.15) is 50.1 Å². The third kappa shape index (κ3) is 5.32. The summed E-state index contributed by atoms with van der Waals surface area (Å²) in [4.78, 5) is 18.5. The molecular formula is C21H31N5. The fourth-order valence-corrected chi connectivity index (χ4v) is 3.83. The Balaban J connectivity index is 1.69. The first-order chi connectivity index (χ1) is 12.8. The van der Waals surface area contributed by atoms with Crippen molar-refractivity contribution in [2.75, 3.05) is 19.6 Å². The zero-order chi connectivity index (χ0) is 18.2. The maximum atomic E-state index is 4.53. The van der Waals surface area contributed by atoms with E-state index in [0.717, 1.165) is 44.8 Å². The lowest BCUT2D eigenvalue weighted by Crippen LogP contribution is -2.39. The second-order valence-electron chi connectivity index (χ2n) is 7.21. The average molecular weight is 354 g/mol. The second-order valence-corrected chi connectivity index (χ2v) is 7.21. The number of rotatable bonds is 9. The van der Waals surface area contributed by atoms with Gasteiger partial charge < -0.3 is 0 Å². The highest BCUT2D eigenvalue weighted by Gasteiger charge is 2.25. The lowest BCUT2D eigenvalue weighted by atomic mass is 10.1. The summed E-state index contributed by atoms with van der Waals surface area (Å²) in [6.07, 6.45) is 12.5. The summed E-state index contributed by atoms with van der Waals surface area (Å²) in [5.41, 5.74) is 2.45. The summed E-state index contributed by atoms with van der Waals surface area (Å²) in [6, 6.07) is 4.83. The molecule has 1 atom stereocenters. The maximum absolute atomic E-state index is 4.53. The number of hydrogen-bond donors (Lipinski definition) is 0. The Morgan fingerprint density at radius 1 is 1.12 bits per heavy atom. The maximum Gasteiger partial charge on any atom is 0.128 e. The smallest absolute Gasteiger partial charge is 0.128 e. The monoisotopic (exact) mass is 353 g/mol. The summed E-state index contributed by atoms with van der Waals surface area (Å²) >= 11 is 0. The Bertz CT molecular complexity index is 643. The van der Waals surface area contributed by atoms with Crippen LogP contribution in [0, 0.1) is 0 Å². The highest BCUT2D eigenvalue weighted by molar-refractivity contribution is 5.10. The predicted octanol–water partition coefficient (Wildman–Crippen LogP) is 3.31. The van der Waals surface area contributed by atoms with E-state index in [2.05, 4.69) is 44.7 Å². The number of likely N-dealkylation sites (N-methyl/N-ethyl adjacent to an activating group) is 1. The van der Waals surface area contributed by atoms with E-state index in [4.69, 9.17) is 0 Å². The summed E-state index contributed by atoms with van der Waals surface area (Å²) in [5.74, 6) is 0.947. The first-order valence-corrected chi connectivity index (χ1v) is 9.93. The fourth-order valence-electron chi connectivity index (χ4n) is 3.83. The minimum absolute atomic E-state index is 0.650. The number of aromatic nitrogens is 3. The van der Waals surface area contributed by atoms with Gasteiger partial charge in [-0.25, -0.2) is 9.97 Å². The van der Waals surface area contributed by atoms with Crippen LogP contribution in [-0.4, -0.2) is 50.4 Å². The molecule has 0 saturated carbocycles. The third-order valence-corrected chi connectivity index (χ3v) is 5.14. The molecule has 3 heterocycles. The van der Waals surface area contributed by atoms with Gasteiger partial charge in [-0.15, -0.1) is 0 Å². The standard InChI is InChI=1S/C21H31N5/c1-3-7-21-23-13-19(14-24-21)16-25(15-18-8-5-10-22-12-18)17-20-9-6-11-26(20)4-2/h5,8,10,12-14,20H,3-4,6-7,9,11,15-17H2,1-2H3. The molecule has 140 valence electrons. The van der Waals surface area contributed by atoms with E-state index in [1.165, 1.54) is 30.5 Å². The molecular weight excluding hydrogens is 322 g/mol. The molecule has 0 radical (unpaired) electrons. The molecule has 2 aromatic heterocycles. The van der Waals surface area contributed by atoms with E-state index >= 15 is 0 Å². The number of nitrogens with zero attached hydrogens (tertiary/aromatic N) is 5. The van der Waals surface area contributed by atoms with Crippen LogP contribution in [0.15, 0.2) is 36.9 Å². The lowest BCUT2D eigenvalue weighted by molar-refractivity contribution is 0.165. The molecule has 0 aromatic carbocycles. The molecule has 0 N–H and O–H groups in total. The van der Waals surface area contributed by atoms with E-state index in [1.54, 1.807) is 0 Å². The molecule has 1 aliphatic rings. The molecule has 5 heteroatoms. The van der Waals surface area contributed by atoms with Crippen molar-refractivity contribution in [2.45, 2.75) is 58.7 Å². The Morgan fingerprint density at radius 3 is 2.62 bits per heavy atom. The molecule has 0 amide bonds. The van der Waals surface area contributed by atoms with Crippen LogP contribution < -0.4 is 0 Å². The SMILES string of the molecule is CCCc1ncc(CN(Cc2cccnc2)CC2CCCN2CC)cn1. The molecule has 1 fully saturated rings. The van der Waals surface area contributed by atoms with Gasteiger partial charge in [-0.05, 0) is 44.0 Å². The predicted molar refractivity (Wildman–Crippen MR) is 105 cm³/mol. The summed E-state index contributed by atoms with van der Waals surface area (Å²) in [7, 11) is 0.